The van der Waals surface area contributed by atoms with Crippen LogP contribution in [0.1, 0.15) is 35.7 Å². The second-order valence-electron chi connectivity index (χ2n) is 7.81. The van der Waals surface area contributed by atoms with Crippen LogP contribution in [0.4, 0.5) is 5.69 Å². The van der Waals surface area contributed by atoms with Crippen molar-refractivity contribution in [1.82, 2.24) is 25.5 Å². The lowest BCUT2D eigenvalue weighted by molar-refractivity contribution is -0.113. The van der Waals surface area contributed by atoms with Gasteiger partial charge >= 0.3 is 0 Å². The van der Waals surface area contributed by atoms with Crippen LogP contribution in [0.15, 0.2) is 47.6 Å². The van der Waals surface area contributed by atoms with Crippen LogP contribution in [0.2, 0.25) is 0 Å². The van der Waals surface area contributed by atoms with Crippen molar-refractivity contribution in [2.24, 2.45) is 0 Å². The Bertz CT molecular complexity index is 1310. The number of thioether (sulfide) groups is 1. The highest BCUT2D eigenvalue weighted by molar-refractivity contribution is 7.99. The van der Waals surface area contributed by atoms with Gasteiger partial charge in [0.05, 0.1) is 5.75 Å². The molecule has 1 aliphatic carbocycles. The molecule has 0 saturated heterocycles. The van der Waals surface area contributed by atoms with E-state index in [2.05, 4.69) is 49.9 Å². The number of aromatic nitrogens is 4. The summed E-state index contributed by atoms with van der Waals surface area (Å²) in [4.78, 5) is 32.2. The smallest absolute Gasteiger partial charge is 0.251 e. The van der Waals surface area contributed by atoms with E-state index in [1.807, 2.05) is 6.07 Å². The summed E-state index contributed by atoms with van der Waals surface area (Å²) in [5.41, 5.74) is 4.80. The molecule has 32 heavy (non-hydrogen) atoms. The number of fused-ring (bicyclic) bond motifs is 3. The first-order chi connectivity index (χ1) is 15.6. The Morgan fingerprint density at radius 1 is 1.12 bits per heavy atom. The Balaban J connectivity index is 1.20. The van der Waals surface area contributed by atoms with Crippen LogP contribution in [0.25, 0.3) is 22.1 Å². The fourth-order valence-electron chi connectivity index (χ4n) is 3.41. The Hall–Kier alpha value is -3.46. The fourth-order valence-corrected chi connectivity index (χ4v) is 4.00. The Labute approximate surface area is 188 Å². The molecule has 0 radical (unpaired) electrons. The molecule has 1 saturated carbocycles. The van der Waals surface area contributed by atoms with Crippen LogP contribution in [-0.2, 0) is 11.2 Å². The molecule has 162 valence electrons. The molecule has 9 heteroatoms. The molecule has 2 aromatic carbocycles. The molecule has 1 fully saturated rings. The largest absolute Gasteiger partial charge is 0.349 e. The molecule has 4 aromatic rings. The minimum absolute atomic E-state index is 0.0798. The molecule has 0 aliphatic heterocycles. The third kappa shape index (κ3) is 4.43. The number of aryl methyl sites for hydroxylation is 1. The first kappa shape index (κ1) is 20.4. The molecule has 8 nitrogen and oxygen atoms in total. The van der Waals surface area contributed by atoms with Gasteiger partial charge in [-0.3, -0.25) is 9.59 Å². The highest BCUT2D eigenvalue weighted by Crippen LogP contribution is 2.25. The highest BCUT2D eigenvalue weighted by Gasteiger charge is 2.23. The molecule has 0 atom stereocenters. The van der Waals surface area contributed by atoms with E-state index in [9.17, 15) is 9.59 Å². The zero-order valence-electron chi connectivity index (χ0n) is 17.5. The van der Waals surface area contributed by atoms with Gasteiger partial charge in [0.2, 0.25) is 11.1 Å². The van der Waals surface area contributed by atoms with Gasteiger partial charge in [-0.05, 0) is 61.2 Å². The van der Waals surface area contributed by atoms with Crippen LogP contribution in [0.3, 0.4) is 0 Å². The van der Waals surface area contributed by atoms with Crippen LogP contribution in [0, 0.1) is 0 Å². The zero-order valence-corrected chi connectivity index (χ0v) is 18.3. The number of aromatic amines is 1. The minimum Gasteiger partial charge on any atom is -0.349 e. The summed E-state index contributed by atoms with van der Waals surface area (Å²) in [5.74, 6) is -0.112. The molecule has 2 heterocycles. The second-order valence-corrected chi connectivity index (χ2v) is 8.75. The summed E-state index contributed by atoms with van der Waals surface area (Å²) in [7, 11) is 0. The molecule has 0 unspecified atom stereocenters. The van der Waals surface area contributed by atoms with E-state index in [1.165, 1.54) is 17.3 Å². The third-order valence-electron chi connectivity index (χ3n) is 5.34. The number of hydrogen-bond donors (Lipinski definition) is 3. The van der Waals surface area contributed by atoms with Crippen molar-refractivity contribution in [2.45, 2.75) is 37.4 Å². The van der Waals surface area contributed by atoms with Gasteiger partial charge in [-0.15, -0.1) is 10.2 Å². The van der Waals surface area contributed by atoms with Crippen molar-refractivity contribution >= 4 is 51.3 Å². The number of benzene rings is 2. The SMILES string of the molecule is CCc1ccc2[nH]c3nc(SCC(=O)Nc4ccc(C(=O)NC5CC5)cc4)nnc3c2c1. The number of nitrogens with one attached hydrogen (secondary N) is 3. The van der Waals surface area contributed by atoms with E-state index in [-0.39, 0.29) is 17.6 Å². The first-order valence-electron chi connectivity index (χ1n) is 10.6. The molecule has 0 spiro atoms. The van der Waals surface area contributed by atoms with Gasteiger partial charge < -0.3 is 15.6 Å². The van der Waals surface area contributed by atoms with Crippen molar-refractivity contribution < 1.29 is 9.59 Å². The van der Waals surface area contributed by atoms with Crippen LogP contribution in [-0.4, -0.2) is 43.8 Å². The highest BCUT2D eigenvalue weighted by atomic mass is 32.2. The van der Waals surface area contributed by atoms with Gasteiger partial charge in [-0.2, -0.15) is 0 Å². The van der Waals surface area contributed by atoms with Gasteiger partial charge in [0, 0.05) is 28.2 Å². The predicted molar refractivity (Wildman–Crippen MR) is 125 cm³/mol. The summed E-state index contributed by atoms with van der Waals surface area (Å²) < 4.78 is 0. The second kappa shape index (κ2) is 8.58. The number of carbonyl (C=O) groups excluding carboxylic acids is 2. The minimum atomic E-state index is -0.182. The van der Waals surface area contributed by atoms with Crippen molar-refractivity contribution in [2.75, 3.05) is 11.1 Å². The maximum Gasteiger partial charge on any atom is 0.251 e. The van der Waals surface area contributed by atoms with Crippen molar-refractivity contribution in [3.8, 4) is 0 Å². The lowest BCUT2D eigenvalue weighted by Gasteiger charge is -2.07. The lowest BCUT2D eigenvalue weighted by Crippen LogP contribution is -2.25. The average molecular weight is 447 g/mol. The summed E-state index contributed by atoms with van der Waals surface area (Å²) >= 11 is 1.22. The maximum absolute atomic E-state index is 12.3. The summed E-state index contributed by atoms with van der Waals surface area (Å²) in [5, 5.41) is 15.7. The van der Waals surface area contributed by atoms with Gasteiger partial charge in [-0.25, -0.2) is 4.98 Å². The van der Waals surface area contributed by atoms with Crippen LogP contribution >= 0.6 is 11.8 Å². The standard InChI is InChI=1S/C23H22N6O2S/c1-2-13-3-10-18-17(11-13)20-21(26-18)27-23(29-28-20)32-12-19(30)24-15-6-4-14(5-7-15)22(31)25-16-8-9-16/h3-7,10-11,16H,2,8-9,12H2,1H3,(H,24,30)(H,25,31)(H,26,27,29). The fraction of sp³-hybridized carbons (Fsp3) is 0.261. The molecular weight excluding hydrogens is 424 g/mol. The summed E-state index contributed by atoms with van der Waals surface area (Å²) in [6, 6.07) is 13.4. The molecule has 2 amide bonds. The monoisotopic (exact) mass is 446 g/mol. The number of hydrogen-bond acceptors (Lipinski definition) is 6. The average Bonchev–Trinajstić information content (AvgIpc) is 3.55. The van der Waals surface area contributed by atoms with E-state index in [1.54, 1.807) is 24.3 Å². The molecule has 0 bridgehead atoms. The van der Waals surface area contributed by atoms with Crippen molar-refractivity contribution in [3.05, 3.63) is 53.6 Å². The van der Waals surface area contributed by atoms with Gasteiger partial charge in [0.25, 0.3) is 5.91 Å². The normalized spacial score (nSPS) is 13.4. The van der Waals surface area contributed by atoms with Gasteiger partial charge in [-0.1, -0.05) is 24.8 Å². The van der Waals surface area contributed by atoms with Crippen LogP contribution < -0.4 is 10.6 Å². The van der Waals surface area contributed by atoms with Gasteiger partial charge in [0.15, 0.2) is 5.65 Å². The summed E-state index contributed by atoms with van der Waals surface area (Å²) in [6.45, 7) is 2.11. The zero-order chi connectivity index (χ0) is 22.1. The molecule has 2 aromatic heterocycles. The first-order valence-corrected chi connectivity index (χ1v) is 11.6. The van der Waals surface area contributed by atoms with E-state index >= 15 is 0 Å². The number of nitrogens with zero attached hydrogens (tertiary/aromatic N) is 3. The van der Waals surface area contributed by atoms with E-state index in [0.29, 0.717) is 28.1 Å². The summed E-state index contributed by atoms with van der Waals surface area (Å²) in [6.07, 6.45) is 3.04. The van der Waals surface area contributed by atoms with E-state index < -0.39 is 0 Å². The number of rotatable bonds is 7. The van der Waals surface area contributed by atoms with Crippen LogP contribution in [0.5, 0.6) is 0 Å². The van der Waals surface area contributed by atoms with E-state index in [4.69, 9.17) is 0 Å². The maximum atomic E-state index is 12.3. The molecule has 5 rings (SSSR count). The van der Waals surface area contributed by atoms with Crippen molar-refractivity contribution in [1.29, 1.82) is 0 Å². The number of amides is 2. The Morgan fingerprint density at radius 3 is 2.69 bits per heavy atom. The topological polar surface area (TPSA) is 113 Å². The number of anilines is 1. The lowest BCUT2D eigenvalue weighted by atomic mass is 10.1. The molecular formula is C23H22N6O2S. The Morgan fingerprint density at radius 2 is 1.94 bits per heavy atom. The molecule has 3 N–H and O–H groups in total. The predicted octanol–water partition coefficient (Wildman–Crippen LogP) is 3.69. The van der Waals surface area contributed by atoms with Gasteiger partial charge in [0.1, 0.15) is 5.52 Å². The van der Waals surface area contributed by atoms with Crippen molar-refractivity contribution in [3.63, 3.8) is 0 Å². The molecule has 1 aliphatic rings. The third-order valence-corrected chi connectivity index (χ3v) is 6.18. The number of H-pyrrole nitrogens is 1. The number of carbonyl (C=O) groups is 2. The van der Waals surface area contributed by atoms with E-state index in [0.717, 1.165) is 35.7 Å². The Kier molecular flexibility index (Phi) is 5.48. The quantitative estimate of drug-likeness (QED) is 0.373.